The number of ether oxygens (including phenoxy) is 2. The number of carbonyl (C=O) groups is 1. The quantitative estimate of drug-likeness (QED) is 0.593. The predicted octanol–water partition coefficient (Wildman–Crippen LogP) is 1.79. The van der Waals surface area contributed by atoms with Crippen molar-refractivity contribution in [2.45, 2.75) is 6.92 Å². The third kappa shape index (κ3) is 3.55. The molecule has 0 saturated carbocycles. The first-order valence-electron chi connectivity index (χ1n) is 5.80. The SMILES string of the molecule is CCOCCOC(=O)c1snnc1-c1cccnc1. The average Bonchev–Trinajstić information content (AvgIpc) is 2.94. The minimum absolute atomic E-state index is 0.219. The van der Waals surface area contributed by atoms with Gasteiger partial charge >= 0.3 is 5.97 Å². The Kier molecular flexibility index (Phi) is 4.93. The van der Waals surface area contributed by atoms with E-state index in [1.807, 2.05) is 13.0 Å². The van der Waals surface area contributed by atoms with Crippen molar-refractivity contribution < 1.29 is 14.3 Å². The molecule has 0 fully saturated rings. The molecule has 0 saturated heterocycles. The average molecular weight is 279 g/mol. The van der Waals surface area contributed by atoms with Crippen LogP contribution in [-0.2, 0) is 9.47 Å². The van der Waals surface area contributed by atoms with Crippen molar-refractivity contribution in [1.82, 2.24) is 14.6 Å². The topological polar surface area (TPSA) is 74.2 Å². The first-order valence-corrected chi connectivity index (χ1v) is 6.58. The van der Waals surface area contributed by atoms with E-state index in [9.17, 15) is 4.79 Å². The molecule has 2 heterocycles. The van der Waals surface area contributed by atoms with Crippen LogP contribution in [0.3, 0.4) is 0 Å². The summed E-state index contributed by atoms with van der Waals surface area (Å²) in [5.41, 5.74) is 1.24. The number of hydrogen-bond acceptors (Lipinski definition) is 7. The first kappa shape index (κ1) is 13.6. The summed E-state index contributed by atoms with van der Waals surface area (Å²) in [5, 5.41) is 3.95. The van der Waals surface area contributed by atoms with Gasteiger partial charge in [0.1, 0.15) is 12.3 Å². The molecule has 2 rings (SSSR count). The zero-order valence-electron chi connectivity index (χ0n) is 10.4. The van der Waals surface area contributed by atoms with Crippen LogP contribution in [0.25, 0.3) is 11.3 Å². The molecule has 0 amide bonds. The van der Waals surface area contributed by atoms with Gasteiger partial charge < -0.3 is 9.47 Å². The van der Waals surface area contributed by atoms with Gasteiger partial charge in [-0.3, -0.25) is 4.98 Å². The minimum Gasteiger partial charge on any atom is -0.459 e. The first-order chi connectivity index (χ1) is 9.33. The van der Waals surface area contributed by atoms with Crippen LogP contribution in [0.5, 0.6) is 0 Å². The van der Waals surface area contributed by atoms with Gasteiger partial charge in [0, 0.05) is 24.6 Å². The summed E-state index contributed by atoms with van der Waals surface area (Å²) in [5.74, 6) is -0.437. The molecular formula is C12H13N3O3S. The molecule has 0 aromatic carbocycles. The van der Waals surface area contributed by atoms with Crippen molar-refractivity contribution in [3.05, 3.63) is 29.4 Å². The lowest BCUT2D eigenvalue weighted by Gasteiger charge is -2.04. The standard InChI is InChI=1S/C12H13N3O3S/c1-2-17-6-7-18-12(16)11-10(14-15-19-11)9-4-3-5-13-8-9/h3-5,8H,2,6-7H2,1H3. The second-order valence-electron chi connectivity index (χ2n) is 3.53. The summed E-state index contributed by atoms with van der Waals surface area (Å²) < 4.78 is 14.0. The van der Waals surface area contributed by atoms with Gasteiger partial charge in [-0.25, -0.2) is 4.79 Å². The van der Waals surface area contributed by atoms with E-state index in [4.69, 9.17) is 9.47 Å². The van der Waals surface area contributed by atoms with Crippen LogP contribution in [0.1, 0.15) is 16.6 Å². The Hall–Kier alpha value is -1.86. The fourth-order valence-electron chi connectivity index (χ4n) is 1.42. The summed E-state index contributed by atoms with van der Waals surface area (Å²) in [6.07, 6.45) is 3.29. The fourth-order valence-corrected chi connectivity index (χ4v) is 2.00. The second-order valence-corrected chi connectivity index (χ2v) is 4.28. The van der Waals surface area contributed by atoms with Crippen LogP contribution in [0.15, 0.2) is 24.5 Å². The number of hydrogen-bond donors (Lipinski definition) is 0. The highest BCUT2D eigenvalue weighted by atomic mass is 32.1. The van der Waals surface area contributed by atoms with E-state index in [1.54, 1.807) is 18.5 Å². The number of pyridine rings is 1. The summed E-state index contributed by atoms with van der Waals surface area (Å²) in [6.45, 7) is 3.09. The summed E-state index contributed by atoms with van der Waals surface area (Å²) in [6, 6.07) is 3.60. The van der Waals surface area contributed by atoms with E-state index in [2.05, 4.69) is 14.6 Å². The summed E-state index contributed by atoms with van der Waals surface area (Å²) in [7, 11) is 0. The summed E-state index contributed by atoms with van der Waals surface area (Å²) in [4.78, 5) is 16.3. The normalized spacial score (nSPS) is 10.4. The zero-order valence-corrected chi connectivity index (χ0v) is 11.2. The zero-order chi connectivity index (χ0) is 13.5. The maximum atomic E-state index is 11.9. The molecule has 2 aromatic rings. The fraction of sp³-hybridized carbons (Fsp3) is 0.333. The van der Waals surface area contributed by atoms with E-state index in [0.29, 0.717) is 23.8 Å². The molecule has 0 N–H and O–H groups in total. The highest BCUT2D eigenvalue weighted by molar-refractivity contribution is 7.08. The van der Waals surface area contributed by atoms with Crippen molar-refractivity contribution >= 4 is 17.5 Å². The van der Waals surface area contributed by atoms with Gasteiger partial charge in [0.25, 0.3) is 0 Å². The molecule has 0 aliphatic heterocycles. The van der Waals surface area contributed by atoms with Crippen LogP contribution in [0.2, 0.25) is 0 Å². The molecule has 7 heteroatoms. The predicted molar refractivity (Wildman–Crippen MR) is 69.9 cm³/mol. The van der Waals surface area contributed by atoms with Gasteiger partial charge in [-0.1, -0.05) is 4.49 Å². The largest absolute Gasteiger partial charge is 0.459 e. The Morgan fingerprint density at radius 2 is 2.32 bits per heavy atom. The molecule has 0 atom stereocenters. The Balaban J connectivity index is 2.05. The second kappa shape index (κ2) is 6.91. The van der Waals surface area contributed by atoms with Gasteiger partial charge in [-0.05, 0) is 30.6 Å². The van der Waals surface area contributed by atoms with Crippen LogP contribution >= 0.6 is 11.5 Å². The molecule has 19 heavy (non-hydrogen) atoms. The maximum Gasteiger partial charge on any atom is 0.352 e. The van der Waals surface area contributed by atoms with Gasteiger partial charge in [0.15, 0.2) is 4.88 Å². The molecule has 100 valence electrons. The van der Waals surface area contributed by atoms with Gasteiger partial charge in [-0.15, -0.1) is 5.10 Å². The van der Waals surface area contributed by atoms with Crippen molar-refractivity contribution in [3.63, 3.8) is 0 Å². The van der Waals surface area contributed by atoms with Crippen molar-refractivity contribution in [2.75, 3.05) is 19.8 Å². The van der Waals surface area contributed by atoms with Crippen molar-refractivity contribution in [1.29, 1.82) is 0 Å². The van der Waals surface area contributed by atoms with Crippen molar-refractivity contribution in [2.24, 2.45) is 0 Å². The van der Waals surface area contributed by atoms with Crippen LogP contribution in [0.4, 0.5) is 0 Å². The molecule has 0 radical (unpaired) electrons. The van der Waals surface area contributed by atoms with E-state index in [0.717, 1.165) is 17.1 Å². The Bertz CT molecular complexity index is 530. The molecule has 0 unspecified atom stereocenters. The smallest absolute Gasteiger partial charge is 0.352 e. The molecule has 0 aliphatic carbocycles. The van der Waals surface area contributed by atoms with Crippen LogP contribution in [-0.4, -0.2) is 40.4 Å². The van der Waals surface area contributed by atoms with Gasteiger partial charge in [0.2, 0.25) is 0 Å². The van der Waals surface area contributed by atoms with Crippen LogP contribution in [0, 0.1) is 0 Å². The number of carbonyl (C=O) groups excluding carboxylic acids is 1. The number of aromatic nitrogens is 3. The molecule has 0 bridgehead atoms. The Morgan fingerprint density at radius 1 is 1.42 bits per heavy atom. The van der Waals surface area contributed by atoms with Crippen LogP contribution < -0.4 is 0 Å². The number of esters is 1. The lowest BCUT2D eigenvalue weighted by molar-refractivity contribution is 0.0341. The summed E-state index contributed by atoms with van der Waals surface area (Å²) >= 11 is 1.01. The minimum atomic E-state index is -0.437. The van der Waals surface area contributed by atoms with E-state index in [1.165, 1.54) is 0 Å². The Labute approximate surface area is 114 Å². The van der Waals surface area contributed by atoms with E-state index >= 15 is 0 Å². The van der Waals surface area contributed by atoms with Gasteiger partial charge in [-0.2, -0.15) is 0 Å². The molecular weight excluding hydrogens is 266 g/mol. The third-order valence-electron chi connectivity index (χ3n) is 2.27. The number of nitrogens with zero attached hydrogens (tertiary/aromatic N) is 3. The third-order valence-corrected chi connectivity index (χ3v) is 2.98. The molecule has 2 aromatic heterocycles. The Morgan fingerprint density at radius 3 is 3.05 bits per heavy atom. The van der Waals surface area contributed by atoms with Gasteiger partial charge in [0.05, 0.1) is 6.61 Å². The highest BCUT2D eigenvalue weighted by Crippen LogP contribution is 2.23. The van der Waals surface area contributed by atoms with Crippen molar-refractivity contribution in [3.8, 4) is 11.3 Å². The lowest BCUT2D eigenvalue weighted by atomic mass is 10.2. The lowest BCUT2D eigenvalue weighted by Crippen LogP contribution is -2.10. The molecule has 6 nitrogen and oxygen atoms in total. The van der Waals surface area contributed by atoms with E-state index in [-0.39, 0.29) is 6.61 Å². The van der Waals surface area contributed by atoms with E-state index < -0.39 is 5.97 Å². The number of rotatable bonds is 6. The molecule has 0 aliphatic rings. The monoisotopic (exact) mass is 279 g/mol. The maximum absolute atomic E-state index is 11.9. The molecule has 0 spiro atoms. The highest BCUT2D eigenvalue weighted by Gasteiger charge is 2.19.